The average molecular weight is 956 g/mol. The van der Waals surface area contributed by atoms with Gasteiger partial charge in [0, 0.05) is 29.1 Å². The summed E-state index contributed by atoms with van der Waals surface area (Å²) < 4.78 is 58.7. The second-order valence-electron chi connectivity index (χ2n) is 14.2. The second-order valence-corrected chi connectivity index (χ2v) is 16.7. The van der Waals surface area contributed by atoms with Crippen LogP contribution in [0.25, 0.3) is 0 Å². The minimum Gasteiger partial charge on any atom is -0.487 e. The molecule has 16 heteroatoms. The number of aryl methyl sites for hydroxylation is 1. The number of carbonyl (C=O) groups excluding carboxylic acids is 3. The first-order valence-electron chi connectivity index (χ1n) is 18.2. The molecule has 2 saturated carbocycles. The van der Waals surface area contributed by atoms with Gasteiger partial charge in [0.1, 0.15) is 25.4 Å². The Morgan fingerprint density at radius 3 is 1.79 bits per heavy atom. The summed E-state index contributed by atoms with van der Waals surface area (Å²) in [6.07, 6.45) is 0.755. The standard InChI is InChI=1S/C41H38Br2Cl2F3N3O6/c1-22-8-24(11-29(9-22)49-27-4-2-5-27)20-55-39-32(42)13-23(14-33(39)43)15-37(53)57-38(54)19-36(52)51-31-17-34(44)40(35(45)18-31)56-21-25-10-26(41(46,47)48)16-30(12-25)50-28-6-3-7-28/h8-14,16-18,27-28,49-50H,2-7,15,19-21H2,1H3,(H,51,52). The van der Waals surface area contributed by atoms with Crippen LogP contribution in [-0.4, -0.2) is 29.9 Å². The number of amides is 1. The SMILES string of the molecule is Cc1cc(COc2c(Br)cc(CC(=O)OC(=O)CC(=O)Nc3cc(Cl)c(OCc4cc(NC5CCC5)cc(C(F)(F)F)c4)c(Cl)c3)cc2Br)cc(NC2CCC2)c1. The van der Waals surface area contributed by atoms with Crippen LogP contribution in [0.15, 0.2) is 69.6 Å². The van der Waals surface area contributed by atoms with Crippen molar-refractivity contribution in [2.45, 2.75) is 89.8 Å². The van der Waals surface area contributed by atoms with Crippen LogP contribution in [0.5, 0.6) is 11.5 Å². The van der Waals surface area contributed by atoms with E-state index in [0.29, 0.717) is 38.6 Å². The molecular formula is C41H38Br2Cl2F3N3O6. The number of hydrogen-bond donors (Lipinski definition) is 3. The third-order valence-corrected chi connectivity index (χ3v) is 11.1. The maximum absolute atomic E-state index is 13.6. The van der Waals surface area contributed by atoms with E-state index in [-0.39, 0.29) is 46.1 Å². The topological polar surface area (TPSA) is 115 Å². The number of benzene rings is 4. The Hall–Kier alpha value is -3.98. The van der Waals surface area contributed by atoms with E-state index in [1.165, 1.54) is 31.4 Å². The van der Waals surface area contributed by atoms with E-state index < -0.39 is 36.0 Å². The van der Waals surface area contributed by atoms with Crippen molar-refractivity contribution in [1.82, 2.24) is 0 Å². The predicted octanol–water partition coefficient (Wildman–Crippen LogP) is 11.6. The lowest BCUT2D eigenvalue weighted by Crippen LogP contribution is -2.27. The minimum absolute atomic E-state index is 0.0120. The van der Waals surface area contributed by atoms with Crippen molar-refractivity contribution in [1.29, 1.82) is 0 Å². The largest absolute Gasteiger partial charge is 0.487 e. The molecule has 3 N–H and O–H groups in total. The molecule has 9 nitrogen and oxygen atoms in total. The molecule has 0 aromatic heterocycles. The van der Waals surface area contributed by atoms with Crippen LogP contribution in [0.4, 0.5) is 30.2 Å². The number of carbonyl (C=O) groups is 3. The zero-order chi connectivity index (χ0) is 40.9. The highest BCUT2D eigenvalue weighted by molar-refractivity contribution is 9.11. The molecule has 302 valence electrons. The number of rotatable bonds is 15. The second kappa shape index (κ2) is 18.7. The molecular weight excluding hydrogens is 918 g/mol. The number of ether oxygens (including phenoxy) is 3. The van der Waals surface area contributed by atoms with Crippen LogP contribution >= 0.6 is 55.1 Å². The molecule has 0 saturated heterocycles. The third-order valence-electron chi connectivity index (χ3n) is 9.40. The van der Waals surface area contributed by atoms with Crippen LogP contribution < -0.4 is 25.4 Å². The fourth-order valence-corrected chi connectivity index (χ4v) is 8.37. The molecule has 0 bridgehead atoms. The van der Waals surface area contributed by atoms with Gasteiger partial charge < -0.3 is 30.2 Å². The zero-order valence-electron chi connectivity index (χ0n) is 30.6. The Labute approximate surface area is 354 Å². The van der Waals surface area contributed by atoms with Gasteiger partial charge in [0.25, 0.3) is 0 Å². The summed E-state index contributed by atoms with van der Waals surface area (Å²) in [5, 5.41) is 9.08. The lowest BCUT2D eigenvalue weighted by molar-refractivity contribution is -0.159. The van der Waals surface area contributed by atoms with Gasteiger partial charge >= 0.3 is 18.1 Å². The van der Waals surface area contributed by atoms with Gasteiger partial charge in [-0.1, -0.05) is 29.3 Å². The number of esters is 2. The van der Waals surface area contributed by atoms with Crippen molar-refractivity contribution >= 4 is 90.0 Å². The number of nitrogens with one attached hydrogen (secondary N) is 3. The van der Waals surface area contributed by atoms with Gasteiger partial charge in [-0.3, -0.25) is 14.4 Å². The van der Waals surface area contributed by atoms with Crippen molar-refractivity contribution in [3.8, 4) is 11.5 Å². The maximum atomic E-state index is 13.6. The molecule has 2 aliphatic carbocycles. The molecule has 0 radical (unpaired) electrons. The van der Waals surface area contributed by atoms with Gasteiger partial charge in [-0.15, -0.1) is 0 Å². The Morgan fingerprint density at radius 1 is 0.702 bits per heavy atom. The van der Waals surface area contributed by atoms with Gasteiger partial charge in [0.15, 0.2) is 5.75 Å². The fraction of sp³-hybridized carbons (Fsp3) is 0.341. The Kier molecular flexibility index (Phi) is 14.0. The van der Waals surface area contributed by atoms with Crippen LogP contribution in [0.1, 0.15) is 72.8 Å². The van der Waals surface area contributed by atoms with Gasteiger partial charge in [-0.05, 0) is 154 Å². The van der Waals surface area contributed by atoms with Crippen molar-refractivity contribution in [2.24, 2.45) is 0 Å². The first-order valence-corrected chi connectivity index (χ1v) is 20.5. The summed E-state index contributed by atoms with van der Waals surface area (Å²) in [6, 6.07) is 16.5. The van der Waals surface area contributed by atoms with Gasteiger partial charge in [-0.25, -0.2) is 0 Å². The predicted molar refractivity (Wildman–Crippen MR) is 220 cm³/mol. The monoisotopic (exact) mass is 953 g/mol. The summed E-state index contributed by atoms with van der Waals surface area (Å²) in [6.45, 7) is 2.08. The van der Waals surface area contributed by atoms with E-state index in [1.807, 2.05) is 6.92 Å². The van der Waals surface area contributed by atoms with Crippen LogP contribution in [0, 0.1) is 6.92 Å². The highest BCUT2D eigenvalue weighted by Crippen LogP contribution is 2.39. The van der Waals surface area contributed by atoms with Crippen molar-refractivity contribution in [3.63, 3.8) is 0 Å². The Balaban J connectivity index is 0.982. The summed E-state index contributed by atoms with van der Waals surface area (Å²) in [4.78, 5) is 37.8. The van der Waals surface area contributed by atoms with E-state index in [4.69, 9.17) is 37.4 Å². The number of halogens is 7. The first-order chi connectivity index (χ1) is 27.1. The quantitative estimate of drug-likeness (QED) is 0.0797. The normalized spacial score (nSPS) is 14.2. The molecule has 0 aliphatic heterocycles. The molecule has 6 rings (SSSR count). The lowest BCUT2D eigenvalue weighted by atomic mass is 9.93. The van der Waals surface area contributed by atoms with E-state index >= 15 is 0 Å². The lowest BCUT2D eigenvalue weighted by Gasteiger charge is -2.28. The van der Waals surface area contributed by atoms with E-state index in [1.54, 1.807) is 18.2 Å². The third kappa shape index (κ3) is 12.0. The molecule has 57 heavy (non-hydrogen) atoms. The average Bonchev–Trinajstić information content (AvgIpc) is 3.06. The zero-order valence-corrected chi connectivity index (χ0v) is 35.3. The van der Waals surface area contributed by atoms with Gasteiger partial charge in [0.2, 0.25) is 5.91 Å². The van der Waals surface area contributed by atoms with E-state index in [2.05, 4.69) is 66.0 Å². The molecule has 4 aromatic carbocycles. The number of anilines is 3. The van der Waals surface area contributed by atoms with Crippen molar-refractivity contribution < 1.29 is 41.8 Å². The van der Waals surface area contributed by atoms with Crippen LogP contribution in [0.3, 0.4) is 0 Å². The van der Waals surface area contributed by atoms with Crippen LogP contribution in [0.2, 0.25) is 10.0 Å². The summed E-state index contributed by atoms with van der Waals surface area (Å²) in [5.41, 5.74) is 3.58. The minimum atomic E-state index is -4.56. The van der Waals surface area contributed by atoms with E-state index in [9.17, 15) is 27.6 Å². The molecule has 1 amide bonds. The summed E-state index contributed by atoms with van der Waals surface area (Å²) >= 11 is 19.8. The molecule has 0 spiro atoms. The number of hydrogen-bond acceptors (Lipinski definition) is 8. The van der Waals surface area contributed by atoms with E-state index in [0.717, 1.165) is 48.2 Å². The highest BCUT2D eigenvalue weighted by atomic mass is 79.9. The van der Waals surface area contributed by atoms with Gasteiger partial charge in [0.05, 0.1) is 31.0 Å². The Morgan fingerprint density at radius 2 is 1.25 bits per heavy atom. The van der Waals surface area contributed by atoms with Gasteiger partial charge in [-0.2, -0.15) is 13.2 Å². The summed E-state index contributed by atoms with van der Waals surface area (Å²) in [5.74, 6) is -2.23. The highest BCUT2D eigenvalue weighted by Gasteiger charge is 2.32. The van der Waals surface area contributed by atoms with Crippen molar-refractivity contribution in [3.05, 3.63) is 107 Å². The number of alkyl halides is 3. The molecule has 2 fully saturated rings. The smallest absolute Gasteiger partial charge is 0.416 e. The molecule has 0 unspecified atom stereocenters. The molecule has 0 heterocycles. The van der Waals surface area contributed by atoms with Crippen LogP contribution in [-0.2, 0) is 44.9 Å². The summed E-state index contributed by atoms with van der Waals surface area (Å²) in [7, 11) is 0. The molecule has 2 aliphatic rings. The van der Waals surface area contributed by atoms with Crippen molar-refractivity contribution in [2.75, 3.05) is 16.0 Å². The Bertz CT molecular complexity index is 2120. The first kappa shape index (κ1) is 42.6. The fourth-order valence-electron chi connectivity index (χ4n) is 6.26. The molecule has 0 atom stereocenters. The molecule has 4 aromatic rings. The maximum Gasteiger partial charge on any atom is 0.416 e.